The van der Waals surface area contributed by atoms with Crippen molar-refractivity contribution in [3.05, 3.63) is 29.8 Å². The van der Waals surface area contributed by atoms with E-state index in [4.69, 9.17) is 0 Å². The number of piperidine rings is 1. The molecular formula is C12H16LiN. The number of aryl methyl sites for hydroxylation is 1. The molecule has 1 saturated heterocycles. The van der Waals surface area contributed by atoms with E-state index in [-0.39, 0.29) is 18.9 Å². The normalized spacial score (nSPS) is 16.2. The van der Waals surface area contributed by atoms with E-state index in [2.05, 4.69) is 30.0 Å². The Hall–Kier alpha value is -0.383. The first-order valence-electron chi connectivity index (χ1n) is 5.09. The van der Waals surface area contributed by atoms with Crippen molar-refractivity contribution in [1.82, 2.24) is 0 Å². The second-order valence-electron chi connectivity index (χ2n) is 3.80. The fraction of sp³-hybridized carbons (Fsp3) is 0.500. The van der Waals surface area contributed by atoms with Gasteiger partial charge in [-0.3, -0.25) is 0 Å². The van der Waals surface area contributed by atoms with Crippen LogP contribution < -0.4 is 23.8 Å². The van der Waals surface area contributed by atoms with E-state index in [1.54, 1.807) is 0 Å². The van der Waals surface area contributed by atoms with Gasteiger partial charge < -0.3 is 4.90 Å². The third kappa shape index (κ3) is 2.80. The third-order valence-corrected chi connectivity index (χ3v) is 2.64. The van der Waals surface area contributed by atoms with Crippen molar-refractivity contribution < 1.29 is 18.9 Å². The van der Waals surface area contributed by atoms with E-state index in [1.165, 1.54) is 43.6 Å². The van der Waals surface area contributed by atoms with E-state index < -0.39 is 0 Å². The predicted octanol–water partition coefficient (Wildman–Crippen LogP) is -0.210. The monoisotopic (exact) mass is 181 g/mol. The zero-order valence-corrected chi connectivity index (χ0v) is 9.21. The smallest absolute Gasteiger partial charge is 0.394 e. The second-order valence-corrected chi connectivity index (χ2v) is 3.80. The van der Waals surface area contributed by atoms with Crippen LogP contribution in [-0.4, -0.2) is 13.1 Å². The van der Waals surface area contributed by atoms with Crippen LogP contribution in [0.4, 0.5) is 5.69 Å². The molecule has 2 rings (SSSR count). The predicted molar refractivity (Wildman–Crippen MR) is 56.1 cm³/mol. The van der Waals surface area contributed by atoms with Crippen LogP contribution in [0, 0.1) is 13.0 Å². The number of benzene rings is 1. The van der Waals surface area contributed by atoms with Gasteiger partial charge in [0.1, 0.15) is 0 Å². The average molecular weight is 181 g/mol. The Morgan fingerprint density at radius 1 is 1.21 bits per heavy atom. The van der Waals surface area contributed by atoms with Gasteiger partial charge in [0.25, 0.3) is 0 Å². The zero-order valence-electron chi connectivity index (χ0n) is 9.21. The van der Waals surface area contributed by atoms with Gasteiger partial charge in [-0.25, -0.2) is 0 Å². The molecule has 1 heterocycles. The van der Waals surface area contributed by atoms with Crippen molar-refractivity contribution in [2.75, 3.05) is 18.0 Å². The Balaban J connectivity index is 0.000000980. The summed E-state index contributed by atoms with van der Waals surface area (Å²) in [7, 11) is 0. The summed E-state index contributed by atoms with van der Waals surface area (Å²) in [5, 5.41) is 0. The molecule has 1 aliphatic rings. The Morgan fingerprint density at radius 2 is 1.93 bits per heavy atom. The summed E-state index contributed by atoms with van der Waals surface area (Å²) < 4.78 is 0. The van der Waals surface area contributed by atoms with Crippen molar-refractivity contribution in [3.8, 4) is 0 Å². The van der Waals surface area contributed by atoms with E-state index in [1.807, 2.05) is 6.07 Å². The molecule has 70 valence electrons. The first-order valence-corrected chi connectivity index (χ1v) is 5.09. The molecule has 0 atom stereocenters. The molecule has 0 bridgehead atoms. The molecule has 0 amide bonds. The van der Waals surface area contributed by atoms with Gasteiger partial charge in [0.15, 0.2) is 0 Å². The molecule has 0 saturated carbocycles. The minimum absolute atomic E-state index is 0. The quantitative estimate of drug-likeness (QED) is 0.428. The van der Waals surface area contributed by atoms with Crippen LogP contribution >= 0.6 is 0 Å². The molecule has 0 aromatic heterocycles. The van der Waals surface area contributed by atoms with Gasteiger partial charge in [-0.15, -0.1) is 6.07 Å². The van der Waals surface area contributed by atoms with Gasteiger partial charge in [-0.2, -0.15) is 23.8 Å². The van der Waals surface area contributed by atoms with Crippen LogP contribution in [-0.2, 0) is 0 Å². The standard InChI is InChI=1S/C12H16N.Li/c1-11-6-5-7-12(10-11)13-8-3-2-4-9-13;/h5-6,10H,2-4,8-9H2,1H3;/q-1;+1. The van der Waals surface area contributed by atoms with Crippen LogP contribution in [0.25, 0.3) is 0 Å². The van der Waals surface area contributed by atoms with Crippen LogP contribution in [0.2, 0.25) is 0 Å². The fourth-order valence-electron chi connectivity index (χ4n) is 1.88. The van der Waals surface area contributed by atoms with Gasteiger partial charge in [0.05, 0.1) is 0 Å². The summed E-state index contributed by atoms with van der Waals surface area (Å²) in [5.41, 5.74) is 2.61. The summed E-state index contributed by atoms with van der Waals surface area (Å²) in [6.45, 7) is 4.56. The fourth-order valence-corrected chi connectivity index (χ4v) is 1.88. The molecule has 2 heteroatoms. The number of hydrogen-bond acceptors (Lipinski definition) is 1. The van der Waals surface area contributed by atoms with Crippen LogP contribution in [0.5, 0.6) is 0 Å². The first-order chi connectivity index (χ1) is 6.36. The van der Waals surface area contributed by atoms with E-state index in [9.17, 15) is 0 Å². The van der Waals surface area contributed by atoms with Crippen LogP contribution in [0.15, 0.2) is 18.2 Å². The molecule has 1 fully saturated rings. The molecular weight excluding hydrogens is 165 g/mol. The Kier molecular flexibility index (Phi) is 4.58. The van der Waals surface area contributed by atoms with Gasteiger partial charge >= 0.3 is 18.9 Å². The van der Waals surface area contributed by atoms with Crippen molar-refractivity contribution in [2.24, 2.45) is 0 Å². The van der Waals surface area contributed by atoms with E-state index in [0.717, 1.165) is 0 Å². The van der Waals surface area contributed by atoms with Crippen LogP contribution in [0.3, 0.4) is 0 Å². The average Bonchev–Trinajstić information content (AvgIpc) is 2.19. The number of anilines is 1. The molecule has 1 aromatic rings. The summed E-state index contributed by atoms with van der Waals surface area (Å²) in [6, 6.07) is 9.66. The van der Waals surface area contributed by atoms with Gasteiger partial charge in [0, 0.05) is 13.1 Å². The molecule has 1 aliphatic heterocycles. The first kappa shape index (κ1) is 11.7. The maximum atomic E-state index is 3.30. The van der Waals surface area contributed by atoms with Crippen molar-refractivity contribution in [3.63, 3.8) is 0 Å². The molecule has 1 aromatic carbocycles. The summed E-state index contributed by atoms with van der Waals surface area (Å²) in [5.74, 6) is 0. The Morgan fingerprint density at radius 3 is 2.57 bits per heavy atom. The Bertz CT molecular complexity index is 279. The minimum atomic E-state index is 0. The zero-order chi connectivity index (χ0) is 9.10. The minimum Gasteiger partial charge on any atom is -0.394 e. The molecule has 14 heavy (non-hydrogen) atoms. The Labute approximate surface area is 98.7 Å². The number of nitrogens with zero attached hydrogens (tertiary/aromatic N) is 1. The van der Waals surface area contributed by atoms with Gasteiger partial charge in [-0.1, -0.05) is 12.6 Å². The van der Waals surface area contributed by atoms with E-state index >= 15 is 0 Å². The number of hydrogen-bond donors (Lipinski definition) is 0. The van der Waals surface area contributed by atoms with Crippen LogP contribution in [0.1, 0.15) is 24.8 Å². The second kappa shape index (κ2) is 5.49. The van der Waals surface area contributed by atoms with Crippen molar-refractivity contribution in [1.29, 1.82) is 0 Å². The van der Waals surface area contributed by atoms with Crippen molar-refractivity contribution >= 4 is 5.69 Å². The maximum absolute atomic E-state index is 3.30. The molecule has 0 N–H and O–H groups in total. The van der Waals surface area contributed by atoms with Gasteiger partial charge in [-0.05, 0) is 19.3 Å². The topological polar surface area (TPSA) is 3.24 Å². The SMILES string of the molecule is Cc1cc[c-]c(N2CCCCC2)c1.[Li+]. The summed E-state index contributed by atoms with van der Waals surface area (Å²) in [6.07, 6.45) is 4.06. The largest absolute Gasteiger partial charge is 1.00 e. The molecule has 0 aliphatic carbocycles. The maximum Gasteiger partial charge on any atom is 1.00 e. The molecule has 0 spiro atoms. The summed E-state index contributed by atoms with van der Waals surface area (Å²) >= 11 is 0. The third-order valence-electron chi connectivity index (χ3n) is 2.64. The molecule has 1 nitrogen and oxygen atoms in total. The van der Waals surface area contributed by atoms with E-state index in [0.29, 0.717) is 0 Å². The summed E-state index contributed by atoms with van der Waals surface area (Å²) in [4.78, 5) is 2.44. The van der Waals surface area contributed by atoms with Gasteiger partial charge in [0.2, 0.25) is 0 Å². The number of rotatable bonds is 1. The molecule has 0 radical (unpaired) electrons. The van der Waals surface area contributed by atoms with Crippen molar-refractivity contribution in [2.45, 2.75) is 26.2 Å². The molecule has 0 unspecified atom stereocenters.